The van der Waals surface area contributed by atoms with Crippen molar-refractivity contribution in [3.8, 4) is 0 Å². The molecule has 2 N–H and O–H groups in total. The SMILES string of the molecule is NC=CCOC(=O)Cl. The third kappa shape index (κ3) is 5.30. The van der Waals surface area contributed by atoms with Gasteiger partial charge in [-0.2, -0.15) is 0 Å². The van der Waals surface area contributed by atoms with Gasteiger partial charge in [0.05, 0.1) is 0 Å². The Bertz CT molecular complexity index is 102. The first-order valence-corrected chi connectivity index (χ1v) is 2.34. The number of hydrogen-bond acceptors (Lipinski definition) is 3. The third-order valence-corrected chi connectivity index (χ3v) is 0.538. The van der Waals surface area contributed by atoms with E-state index >= 15 is 0 Å². The molecule has 0 spiro atoms. The Balaban J connectivity index is 3.05. The minimum Gasteiger partial charge on any atom is -0.449 e. The van der Waals surface area contributed by atoms with E-state index in [1.807, 2.05) is 0 Å². The lowest BCUT2D eigenvalue weighted by molar-refractivity contribution is 0.186. The first-order chi connectivity index (χ1) is 3.77. The minimum atomic E-state index is -0.817. The Morgan fingerprint density at radius 2 is 2.50 bits per heavy atom. The summed E-state index contributed by atoms with van der Waals surface area (Å²) in [7, 11) is 0. The Morgan fingerprint density at radius 1 is 1.88 bits per heavy atom. The predicted octanol–water partition coefficient (Wildman–Crippen LogP) is 0.834. The van der Waals surface area contributed by atoms with Crippen LogP contribution in [0.5, 0.6) is 0 Å². The van der Waals surface area contributed by atoms with E-state index in [1.54, 1.807) is 0 Å². The molecule has 0 amide bonds. The average Bonchev–Trinajstić information content (AvgIpc) is 1.66. The topological polar surface area (TPSA) is 52.3 Å². The Hall–Kier alpha value is -0.700. The van der Waals surface area contributed by atoms with Gasteiger partial charge in [0.15, 0.2) is 0 Å². The second-order valence-electron chi connectivity index (χ2n) is 0.977. The summed E-state index contributed by atoms with van der Waals surface area (Å²) in [6.45, 7) is 0.138. The summed E-state index contributed by atoms with van der Waals surface area (Å²) in [5.41, 5.74) is 4.08. The first kappa shape index (κ1) is 7.30. The Morgan fingerprint density at radius 3 is 2.88 bits per heavy atom. The quantitative estimate of drug-likeness (QED) is 0.571. The van der Waals surface area contributed by atoms with Crippen LogP contribution in [-0.4, -0.2) is 12.0 Å². The van der Waals surface area contributed by atoms with Crippen LogP contribution in [0.25, 0.3) is 0 Å². The summed E-state index contributed by atoms with van der Waals surface area (Å²) in [5, 5.41) is 0. The average molecular weight is 136 g/mol. The van der Waals surface area contributed by atoms with Crippen molar-refractivity contribution in [1.82, 2.24) is 0 Å². The van der Waals surface area contributed by atoms with Gasteiger partial charge in [0.25, 0.3) is 0 Å². The van der Waals surface area contributed by atoms with Crippen LogP contribution in [0, 0.1) is 0 Å². The lowest BCUT2D eigenvalue weighted by Gasteiger charge is -1.89. The molecule has 0 unspecified atom stereocenters. The molecule has 3 nitrogen and oxygen atoms in total. The van der Waals surface area contributed by atoms with Crippen molar-refractivity contribution in [2.45, 2.75) is 0 Å². The standard InChI is InChI=1S/C4H6ClNO2/c5-4(7)8-3-1-2-6/h1-2H,3,6H2. The predicted molar refractivity (Wildman–Crippen MR) is 30.5 cm³/mol. The number of ether oxygens (including phenoxy) is 1. The fourth-order valence-corrected chi connectivity index (χ4v) is 0.232. The molecule has 0 aromatic heterocycles. The van der Waals surface area contributed by atoms with Gasteiger partial charge in [-0.3, -0.25) is 0 Å². The summed E-state index contributed by atoms with van der Waals surface area (Å²) in [4.78, 5) is 9.79. The number of hydrogen-bond donors (Lipinski definition) is 1. The molecule has 0 aliphatic rings. The first-order valence-electron chi connectivity index (χ1n) is 1.96. The highest BCUT2D eigenvalue weighted by Gasteiger charge is 1.88. The van der Waals surface area contributed by atoms with Crippen molar-refractivity contribution < 1.29 is 9.53 Å². The minimum absolute atomic E-state index is 0.138. The summed E-state index contributed by atoms with van der Waals surface area (Å²) in [6.07, 6.45) is 2.75. The molecular formula is C4H6ClNO2. The molecule has 0 aromatic carbocycles. The number of rotatable bonds is 2. The molecule has 0 saturated carbocycles. The van der Waals surface area contributed by atoms with E-state index in [9.17, 15) is 4.79 Å². The lowest BCUT2D eigenvalue weighted by atomic mass is 10.7. The molecule has 0 rings (SSSR count). The van der Waals surface area contributed by atoms with Gasteiger partial charge in [-0.25, -0.2) is 4.79 Å². The molecule has 0 radical (unpaired) electrons. The number of halogens is 1. The van der Waals surface area contributed by atoms with Crippen LogP contribution >= 0.6 is 11.6 Å². The van der Waals surface area contributed by atoms with Crippen molar-refractivity contribution in [3.05, 3.63) is 12.3 Å². The zero-order valence-corrected chi connectivity index (χ0v) is 4.89. The van der Waals surface area contributed by atoms with E-state index in [2.05, 4.69) is 4.74 Å². The highest BCUT2D eigenvalue weighted by atomic mass is 35.5. The molecule has 0 aliphatic carbocycles. The molecule has 0 saturated heterocycles. The van der Waals surface area contributed by atoms with E-state index in [1.165, 1.54) is 12.3 Å². The monoisotopic (exact) mass is 135 g/mol. The van der Waals surface area contributed by atoms with E-state index in [-0.39, 0.29) is 6.61 Å². The summed E-state index contributed by atoms with van der Waals surface area (Å²) in [6, 6.07) is 0. The zero-order valence-electron chi connectivity index (χ0n) is 4.13. The Kier molecular flexibility index (Phi) is 4.07. The van der Waals surface area contributed by atoms with Crippen LogP contribution in [0.1, 0.15) is 0 Å². The van der Waals surface area contributed by atoms with E-state index in [0.717, 1.165) is 0 Å². The molecule has 0 aliphatic heterocycles. The van der Waals surface area contributed by atoms with E-state index in [4.69, 9.17) is 17.3 Å². The van der Waals surface area contributed by atoms with Crippen molar-refractivity contribution in [2.24, 2.45) is 5.73 Å². The van der Waals surface area contributed by atoms with Gasteiger partial charge in [-0.1, -0.05) is 0 Å². The van der Waals surface area contributed by atoms with Gasteiger partial charge in [0.2, 0.25) is 0 Å². The largest absolute Gasteiger partial charge is 0.449 e. The maximum Gasteiger partial charge on any atom is 0.404 e. The van der Waals surface area contributed by atoms with Crippen LogP contribution in [-0.2, 0) is 4.74 Å². The third-order valence-electron chi connectivity index (χ3n) is 0.429. The van der Waals surface area contributed by atoms with Crippen LogP contribution < -0.4 is 5.73 Å². The zero-order chi connectivity index (χ0) is 6.41. The second-order valence-corrected chi connectivity index (χ2v) is 1.29. The van der Waals surface area contributed by atoms with Crippen LogP contribution in [0.4, 0.5) is 4.79 Å². The summed E-state index contributed by atoms with van der Waals surface area (Å²) < 4.78 is 4.24. The molecule has 0 fully saturated rings. The van der Waals surface area contributed by atoms with Crippen LogP contribution in [0.2, 0.25) is 0 Å². The smallest absolute Gasteiger partial charge is 0.404 e. The van der Waals surface area contributed by atoms with Crippen molar-refractivity contribution in [1.29, 1.82) is 0 Å². The number of carbonyl (C=O) groups excluding carboxylic acids is 1. The molecule has 0 bridgehead atoms. The Labute approximate surface area is 52.1 Å². The second kappa shape index (κ2) is 4.46. The molecule has 46 valence electrons. The van der Waals surface area contributed by atoms with Gasteiger partial charge in [0, 0.05) is 11.6 Å². The van der Waals surface area contributed by atoms with Crippen molar-refractivity contribution in [2.75, 3.05) is 6.61 Å². The number of nitrogens with two attached hydrogens (primary N) is 1. The van der Waals surface area contributed by atoms with Crippen LogP contribution in [0.15, 0.2) is 12.3 Å². The van der Waals surface area contributed by atoms with Gasteiger partial charge < -0.3 is 10.5 Å². The molecular weight excluding hydrogens is 130 g/mol. The fraction of sp³-hybridized carbons (Fsp3) is 0.250. The normalized spacial score (nSPS) is 9.62. The van der Waals surface area contributed by atoms with Gasteiger partial charge in [0.1, 0.15) is 6.61 Å². The molecule has 0 atom stereocenters. The maximum atomic E-state index is 9.79. The molecule has 0 aromatic rings. The number of carbonyl (C=O) groups is 1. The van der Waals surface area contributed by atoms with Crippen molar-refractivity contribution >= 4 is 17.0 Å². The summed E-state index contributed by atoms with van der Waals surface area (Å²) in [5.74, 6) is 0. The van der Waals surface area contributed by atoms with Gasteiger partial charge >= 0.3 is 5.43 Å². The fourth-order valence-electron chi connectivity index (χ4n) is 0.169. The van der Waals surface area contributed by atoms with Crippen LogP contribution in [0.3, 0.4) is 0 Å². The van der Waals surface area contributed by atoms with Crippen molar-refractivity contribution in [3.63, 3.8) is 0 Å². The maximum absolute atomic E-state index is 9.79. The molecule has 0 heterocycles. The highest BCUT2D eigenvalue weighted by Crippen LogP contribution is 1.85. The lowest BCUT2D eigenvalue weighted by Crippen LogP contribution is -1.93. The van der Waals surface area contributed by atoms with E-state index < -0.39 is 5.43 Å². The molecule has 4 heteroatoms. The summed E-state index contributed by atoms with van der Waals surface area (Å²) >= 11 is 4.78. The van der Waals surface area contributed by atoms with Gasteiger partial charge in [-0.15, -0.1) is 0 Å². The van der Waals surface area contributed by atoms with E-state index in [0.29, 0.717) is 0 Å². The van der Waals surface area contributed by atoms with Gasteiger partial charge in [-0.05, 0) is 12.3 Å². The highest BCUT2D eigenvalue weighted by molar-refractivity contribution is 6.61. The molecule has 8 heavy (non-hydrogen) atoms.